The molecule has 0 radical (unpaired) electrons. The van der Waals surface area contributed by atoms with Gasteiger partial charge in [0.15, 0.2) is 5.82 Å². The molecule has 1 aromatic heterocycles. The highest BCUT2D eigenvalue weighted by Gasteiger charge is 2.12. The van der Waals surface area contributed by atoms with Crippen LogP contribution in [-0.4, -0.2) is 27.2 Å². The van der Waals surface area contributed by atoms with Gasteiger partial charge in [0.2, 0.25) is 0 Å². The molecule has 2 aromatic rings. The van der Waals surface area contributed by atoms with Crippen LogP contribution in [0.4, 0.5) is 5.82 Å². The number of carboxylic acids is 1. The lowest BCUT2D eigenvalue weighted by molar-refractivity contribution is 0.0690. The second kappa shape index (κ2) is 5.11. The Morgan fingerprint density at radius 2 is 2.11 bits per heavy atom. The number of aryl methyl sites for hydroxylation is 1. The first-order valence-electron chi connectivity index (χ1n) is 5.33. The van der Waals surface area contributed by atoms with E-state index in [1.807, 2.05) is 6.92 Å². The van der Waals surface area contributed by atoms with Crippen molar-refractivity contribution in [1.29, 1.82) is 0 Å². The van der Waals surface area contributed by atoms with E-state index in [0.29, 0.717) is 10.6 Å². The Balaban J connectivity index is 2.15. The van der Waals surface area contributed by atoms with Gasteiger partial charge in [0.1, 0.15) is 5.69 Å². The lowest BCUT2D eigenvalue weighted by atomic mass is 10.1. The van der Waals surface area contributed by atoms with Crippen molar-refractivity contribution in [2.24, 2.45) is 0 Å². The minimum Gasteiger partial charge on any atom is -0.477 e. The zero-order valence-electron chi connectivity index (χ0n) is 9.90. The number of halogens is 1. The average Bonchev–Trinajstić information content (AvgIpc) is 2.81. The summed E-state index contributed by atoms with van der Waals surface area (Å²) in [5.41, 5.74) is 1.14. The SMILES string of the molecule is Cc1ccc(C(=O)Nc2cc(C(=O)O)[nH]n2)cc1Cl. The molecule has 0 aliphatic heterocycles. The highest BCUT2D eigenvalue weighted by molar-refractivity contribution is 6.31. The molecule has 6 nitrogen and oxygen atoms in total. The molecular formula is C12H10ClN3O3. The van der Waals surface area contributed by atoms with Crippen molar-refractivity contribution in [2.75, 3.05) is 5.32 Å². The molecule has 0 bridgehead atoms. The largest absolute Gasteiger partial charge is 0.477 e. The van der Waals surface area contributed by atoms with Crippen LogP contribution in [0.3, 0.4) is 0 Å². The number of amides is 1. The standard InChI is InChI=1S/C12H10ClN3O3/c1-6-2-3-7(4-8(6)13)11(17)14-10-5-9(12(18)19)15-16-10/h2-5H,1H3,(H,18,19)(H2,14,15,16,17). The molecule has 3 N–H and O–H groups in total. The molecule has 1 amide bonds. The Kier molecular flexibility index (Phi) is 3.52. The van der Waals surface area contributed by atoms with E-state index >= 15 is 0 Å². The zero-order valence-corrected chi connectivity index (χ0v) is 10.7. The number of aromatic amines is 1. The normalized spacial score (nSPS) is 10.2. The molecule has 19 heavy (non-hydrogen) atoms. The quantitative estimate of drug-likeness (QED) is 0.803. The summed E-state index contributed by atoms with van der Waals surface area (Å²) in [4.78, 5) is 22.5. The van der Waals surface area contributed by atoms with Gasteiger partial charge in [-0.1, -0.05) is 17.7 Å². The van der Waals surface area contributed by atoms with E-state index in [4.69, 9.17) is 16.7 Å². The number of carbonyl (C=O) groups is 2. The lowest BCUT2D eigenvalue weighted by Gasteiger charge is -2.03. The smallest absolute Gasteiger partial charge is 0.353 e. The molecule has 0 aliphatic rings. The Hall–Kier alpha value is -2.34. The summed E-state index contributed by atoms with van der Waals surface area (Å²) in [6.07, 6.45) is 0. The van der Waals surface area contributed by atoms with Gasteiger partial charge in [-0.3, -0.25) is 9.89 Å². The van der Waals surface area contributed by atoms with Crippen LogP contribution in [-0.2, 0) is 0 Å². The topological polar surface area (TPSA) is 95.1 Å². The van der Waals surface area contributed by atoms with Crippen molar-refractivity contribution in [1.82, 2.24) is 10.2 Å². The van der Waals surface area contributed by atoms with Gasteiger partial charge >= 0.3 is 5.97 Å². The molecule has 0 atom stereocenters. The maximum atomic E-state index is 11.9. The summed E-state index contributed by atoms with van der Waals surface area (Å²) >= 11 is 5.93. The number of nitrogens with one attached hydrogen (secondary N) is 2. The number of H-pyrrole nitrogens is 1. The number of aromatic carboxylic acids is 1. The molecule has 98 valence electrons. The molecule has 7 heteroatoms. The number of benzene rings is 1. The molecular weight excluding hydrogens is 270 g/mol. The molecule has 0 saturated carbocycles. The third kappa shape index (κ3) is 2.92. The van der Waals surface area contributed by atoms with Crippen LogP contribution >= 0.6 is 11.6 Å². The highest BCUT2D eigenvalue weighted by Crippen LogP contribution is 2.17. The summed E-state index contributed by atoms with van der Waals surface area (Å²) in [6, 6.07) is 6.12. The number of hydrogen-bond acceptors (Lipinski definition) is 3. The molecule has 0 fully saturated rings. The summed E-state index contributed by atoms with van der Waals surface area (Å²) in [5, 5.41) is 17.6. The maximum absolute atomic E-state index is 11.9. The summed E-state index contributed by atoms with van der Waals surface area (Å²) in [5.74, 6) is -1.42. The van der Waals surface area contributed by atoms with E-state index in [0.717, 1.165) is 5.56 Å². The van der Waals surface area contributed by atoms with Crippen LogP contribution in [0.5, 0.6) is 0 Å². The van der Waals surface area contributed by atoms with Gasteiger partial charge in [-0.05, 0) is 24.6 Å². The molecule has 0 unspecified atom stereocenters. The van der Waals surface area contributed by atoms with E-state index in [9.17, 15) is 9.59 Å². The fourth-order valence-electron chi connectivity index (χ4n) is 1.42. The van der Waals surface area contributed by atoms with E-state index < -0.39 is 11.9 Å². The Morgan fingerprint density at radius 3 is 2.68 bits per heavy atom. The minimum absolute atomic E-state index is 0.0998. The molecule has 0 spiro atoms. The number of anilines is 1. The highest BCUT2D eigenvalue weighted by atomic mass is 35.5. The van der Waals surface area contributed by atoms with Crippen LogP contribution in [0.25, 0.3) is 0 Å². The van der Waals surface area contributed by atoms with E-state index in [2.05, 4.69) is 15.5 Å². The van der Waals surface area contributed by atoms with Crippen molar-refractivity contribution < 1.29 is 14.7 Å². The first kappa shape index (κ1) is 13.1. The number of carbonyl (C=O) groups excluding carboxylic acids is 1. The molecule has 1 aromatic carbocycles. The van der Waals surface area contributed by atoms with Gasteiger partial charge in [-0.25, -0.2) is 4.79 Å². The molecule has 1 heterocycles. The number of carboxylic acid groups (broad SMARTS) is 1. The Bertz CT molecular complexity index is 651. The van der Waals surface area contributed by atoms with Gasteiger partial charge in [0.05, 0.1) is 0 Å². The number of nitrogens with zero attached hydrogens (tertiary/aromatic N) is 1. The van der Waals surface area contributed by atoms with Crippen molar-refractivity contribution in [3.8, 4) is 0 Å². The van der Waals surface area contributed by atoms with Gasteiger partial charge in [0, 0.05) is 16.7 Å². The molecule has 0 aliphatic carbocycles. The second-order valence-electron chi connectivity index (χ2n) is 3.89. The maximum Gasteiger partial charge on any atom is 0.353 e. The minimum atomic E-state index is -1.15. The summed E-state index contributed by atoms with van der Waals surface area (Å²) < 4.78 is 0. The van der Waals surface area contributed by atoms with Crippen molar-refractivity contribution in [3.63, 3.8) is 0 Å². The average molecular weight is 280 g/mol. The third-order valence-electron chi connectivity index (χ3n) is 2.48. The number of aromatic nitrogens is 2. The van der Waals surface area contributed by atoms with Gasteiger partial charge in [-0.2, -0.15) is 5.10 Å². The second-order valence-corrected chi connectivity index (χ2v) is 4.30. The third-order valence-corrected chi connectivity index (χ3v) is 2.89. The van der Waals surface area contributed by atoms with Crippen LogP contribution in [0, 0.1) is 6.92 Å². The van der Waals surface area contributed by atoms with Crippen LogP contribution in [0.2, 0.25) is 5.02 Å². The number of rotatable bonds is 3. The first-order valence-corrected chi connectivity index (χ1v) is 5.71. The fraction of sp³-hybridized carbons (Fsp3) is 0.0833. The summed E-state index contributed by atoms with van der Waals surface area (Å²) in [7, 11) is 0. The molecule has 0 saturated heterocycles. The monoisotopic (exact) mass is 279 g/mol. The van der Waals surface area contributed by atoms with E-state index in [1.54, 1.807) is 12.1 Å². The molecule has 2 rings (SSSR count). The van der Waals surface area contributed by atoms with Gasteiger partial charge in [0.25, 0.3) is 5.91 Å². The van der Waals surface area contributed by atoms with E-state index in [1.165, 1.54) is 12.1 Å². The van der Waals surface area contributed by atoms with E-state index in [-0.39, 0.29) is 11.5 Å². The van der Waals surface area contributed by atoms with Gasteiger partial charge in [-0.15, -0.1) is 0 Å². The van der Waals surface area contributed by atoms with Crippen LogP contribution in [0.1, 0.15) is 26.4 Å². The summed E-state index contributed by atoms with van der Waals surface area (Å²) in [6.45, 7) is 1.83. The lowest BCUT2D eigenvalue weighted by Crippen LogP contribution is -2.12. The Labute approximate surface area is 113 Å². The zero-order chi connectivity index (χ0) is 14.0. The van der Waals surface area contributed by atoms with Crippen LogP contribution in [0.15, 0.2) is 24.3 Å². The van der Waals surface area contributed by atoms with Crippen LogP contribution < -0.4 is 5.32 Å². The fourth-order valence-corrected chi connectivity index (χ4v) is 1.60. The van der Waals surface area contributed by atoms with Crippen molar-refractivity contribution in [3.05, 3.63) is 46.1 Å². The number of hydrogen-bond donors (Lipinski definition) is 3. The predicted octanol–water partition coefficient (Wildman–Crippen LogP) is 2.32. The predicted molar refractivity (Wildman–Crippen MR) is 69.7 cm³/mol. The Morgan fingerprint density at radius 1 is 1.37 bits per heavy atom. The van der Waals surface area contributed by atoms with Gasteiger partial charge < -0.3 is 10.4 Å². The van der Waals surface area contributed by atoms with Crippen molar-refractivity contribution >= 4 is 29.3 Å². The van der Waals surface area contributed by atoms with Crippen molar-refractivity contribution in [2.45, 2.75) is 6.92 Å². The first-order chi connectivity index (χ1) is 8.97.